The first-order valence-corrected chi connectivity index (χ1v) is 7.56. The quantitative estimate of drug-likeness (QED) is 0.904. The number of carbonyl (C=O) groups excluding carboxylic acids is 1. The smallest absolute Gasteiger partial charge is 0.251 e. The summed E-state index contributed by atoms with van der Waals surface area (Å²) in [6.07, 6.45) is 1.03. The maximum Gasteiger partial charge on any atom is 0.251 e. The lowest BCUT2D eigenvalue weighted by atomic mass is 10.1. The van der Waals surface area contributed by atoms with E-state index in [1.807, 2.05) is 43.3 Å². The molecule has 3 heteroatoms. The minimum Gasteiger partial charge on any atom is -0.349 e. The molecule has 2 aromatic rings. The molecule has 1 N–H and O–H groups in total. The van der Waals surface area contributed by atoms with E-state index < -0.39 is 0 Å². The van der Waals surface area contributed by atoms with Crippen molar-refractivity contribution in [2.24, 2.45) is 0 Å². The zero-order valence-corrected chi connectivity index (χ0v) is 12.9. The van der Waals surface area contributed by atoms with Crippen LogP contribution in [-0.2, 0) is 0 Å². The number of halogens is 1. The second-order valence-electron chi connectivity index (χ2n) is 5.29. The molecular weight excluding hydrogens is 314 g/mol. The van der Waals surface area contributed by atoms with Crippen molar-refractivity contribution in [1.82, 2.24) is 5.32 Å². The summed E-state index contributed by atoms with van der Waals surface area (Å²) in [6.45, 7) is 1.96. The Bertz CT molecular complexity index is 639. The number of aryl methyl sites for hydroxylation is 1. The zero-order valence-electron chi connectivity index (χ0n) is 11.3. The van der Waals surface area contributed by atoms with Gasteiger partial charge in [-0.3, -0.25) is 4.79 Å². The Morgan fingerprint density at radius 1 is 1.20 bits per heavy atom. The average molecular weight is 330 g/mol. The fourth-order valence-corrected chi connectivity index (χ4v) is 2.87. The van der Waals surface area contributed by atoms with Gasteiger partial charge in [-0.25, -0.2) is 0 Å². The first kappa shape index (κ1) is 13.4. The summed E-state index contributed by atoms with van der Waals surface area (Å²) in [5.74, 6) is 0.486. The lowest BCUT2D eigenvalue weighted by Gasteiger charge is -2.08. The number of hydrogen-bond donors (Lipinski definition) is 1. The Hall–Kier alpha value is -1.61. The van der Waals surface area contributed by atoms with Gasteiger partial charge in [0.2, 0.25) is 0 Å². The minimum absolute atomic E-state index is 0.0206. The van der Waals surface area contributed by atoms with Crippen LogP contribution in [0.2, 0.25) is 0 Å². The van der Waals surface area contributed by atoms with Crippen molar-refractivity contribution in [3.05, 3.63) is 69.7 Å². The molecule has 0 heterocycles. The molecular formula is C17H16BrNO. The molecule has 1 amide bonds. The van der Waals surface area contributed by atoms with E-state index in [0.29, 0.717) is 5.92 Å². The van der Waals surface area contributed by atoms with Crippen LogP contribution in [0.5, 0.6) is 0 Å². The van der Waals surface area contributed by atoms with E-state index in [1.54, 1.807) is 0 Å². The van der Waals surface area contributed by atoms with Crippen LogP contribution in [0.3, 0.4) is 0 Å². The van der Waals surface area contributed by atoms with Crippen molar-refractivity contribution in [2.75, 3.05) is 0 Å². The third-order valence-corrected chi connectivity index (χ3v) is 4.27. The number of rotatable bonds is 3. The van der Waals surface area contributed by atoms with Gasteiger partial charge in [-0.2, -0.15) is 0 Å². The van der Waals surface area contributed by atoms with Gasteiger partial charge in [0.15, 0.2) is 0 Å². The van der Waals surface area contributed by atoms with Crippen molar-refractivity contribution >= 4 is 21.8 Å². The van der Waals surface area contributed by atoms with Crippen LogP contribution in [0.1, 0.15) is 33.8 Å². The van der Waals surface area contributed by atoms with Gasteiger partial charge in [0, 0.05) is 22.0 Å². The molecule has 0 aromatic heterocycles. The summed E-state index contributed by atoms with van der Waals surface area (Å²) in [5, 5.41) is 3.13. The highest BCUT2D eigenvalue weighted by molar-refractivity contribution is 9.10. The lowest BCUT2D eigenvalue weighted by Crippen LogP contribution is -2.27. The number of nitrogens with one attached hydrogen (secondary N) is 1. The maximum absolute atomic E-state index is 12.3. The molecule has 2 atom stereocenters. The predicted octanol–water partition coefficient (Wildman–Crippen LogP) is 4.04. The number of hydrogen-bond acceptors (Lipinski definition) is 1. The highest BCUT2D eigenvalue weighted by Crippen LogP contribution is 2.40. The van der Waals surface area contributed by atoms with Crippen molar-refractivity contribution in [3.8, 4) is 0 Å². The molecule has 2 nitrogen and oxygen atoms in total. The molecule has 0 aliphatic heterocycles. The topological polar surface area (TPSA) is 29.1 Å². The van der Waals surface area contributed by atoms with Gasteiger partial charge in [-0.1, -0.05) is 52.3 Å². The highest BCUT2D eigenvalue weighted by Gasteiger charge is 2.39. The third kappa shape index (κ3) is 2.78. The molecule has 0 bridgehead atoms. The van der Waals surface area contributed by atoms with Crippen molar-refractivity contribution in [1.29, 1.82) is 0 Å². The first-order chi connectivity index (χ1) is 9.65. The molecule has 0 spiro atoms. The summed E-state index contributed by atoms with van der Waals surface area (Å²) >= 11 is 3.42. The van der Waals surface area contributed by atoms with E-state index in [9.17, 15) is 4.79 Å². The van der Waals surface area contributed by atoms with Crippen LogP contribution in [0, 0.1) is 6.92 Å². The van der Waals surface area contributed by atoms with Crippen LogP contribution >= 0.6 is 15.9 Å². The standard InChI is InChI=1S/C17H16BrNO/c1-11-7-8-13(18)9-14(11)17(20)19-16-10-15(16)12-5-3-2-4-6-12/h2-9,15-16H,10H2,1H3,(H,19,20). The van der Waals surface area contributed by atoms with E-state index in [2.05, 4.69) is 33.4 Å². The van der Waals surface area contributed by atoms with Crippen molar-refractivity contribution in [3.63, 3.8) is 0 Å². The van der Waals surface area contributed by atoms with Gasteiger partial charge < -0.3 is 5.32 Å². The molecule has 1 saturated carbocycles. The molecule has 1 fully saturated rings. The summed E-state index contributed by atoms with van der Waals surface area (Å²) in [7, 11) is 0. The van der Waals surface area contributed by atoms with E-state index in [1.165, 1.54) is 5.56 Å². The van der Waals surface area contributed by atoms with Gasteiger partial charge >= 0.3 is 0 Å². The molecule has 1 aliphatic carbocycles. The Kier molecular flexibility index (Phi) is 3.62. The maximum atomic E-state index is 12.3. The molecule has 2 unspecified atom stereocenters. The van der Waals surface area contributed by atoms with Gasteiger partial charge in [-0.15, -0.1) is 0 Å². The Labute approximate surface area is 127 Å². The van der Waals surface area contributed by atoms with Crippen LogP contribution < -0.4 is 5.32 Å². The average Bonchev–Trinajstić information content (AvgIpc) is 3.21. The van der Waals surface area contributed by atoms with Crippen molar-refractivity contribution < 1.29 is 4.79 Å². The first-order valence-electron chi connectivity index (χ1n) is 6.77. The Morgan fingerprint density at radius 3 is 2.70 bits per heavy atom. The summed E-state index contributed by atoms with van der Waals surface area (Å²) in [6, 6.07) is 16.4. The van der Waals surface area contributed by atoms with Crippen LogP contribution in [0.4, 0.5) is 0 Å². The van der Waals surface area contributed by atoms with E-state index in [-0.39, 0.29) is 11.9 Å². The fraction of sp³-hybridized carbons (Fsp3) is 0.235. The molecule has 2 aromatic carbocycles. The molecule has 102 valence electrons. The largest absolute Gasteiger partial charge is 0.349 e. The molecule has 1 aliphatic rings. The number of carbonyl (C=O) groups is 1. The van der Waals surface area contributed by atoms with Gasteiger partial charge in [0.25, 0.3) is 5.91 Å². The van der Waals surface area contributed by atoms with E-state index in [0.717, 1.165) is 22.0 Å². The zero-order chi connectivity index (χ0) is 14.1. The van der Waals surface area contributed by atoms with E-state index in [4.69, 9.17) is 0 Å². The second-order valence-corrected chi connectivity index (χ2v) is 6.21. The predicted molar refractivity (Wildman–Crippen MR) is 83.9 cm³/mol. The van der Waals surface area contributed by atoms with Gasteiger partial charge in [0.1, 0.15) is 0 Å². The van der Waals surface area contributed by atoms with Crippen LogP contribution in [-0.4, -0.2) is 11.9 Å². The summed E-state index contributed by atoms with van der Waals surface area (Å²) in [5.41, 5.74) is 3.06. The molecule has 0 radical (unpaired) electrons. The fourth-order valence-electron chi connectivity index (χ4n) is 2.51. The van der Waals surface area contributed by atoms with Crippen LogP contribution in [0.15, 0.2) is 53.0 Å². The Balaban J connectivity index is 1.68. The van der Waals surface area contributed by atoms with Crippen LogP contribution in [0.25, 0.3) is 0 Å². The normalized spacial score (nSPS) is 20.5. The number of amides is 1. The Morgan fingerprint density at radius 2 is 1.95 bits per heavy atom. The molecule has 0 saturated heterocycles. The third-order valence-electron chi connectivity index (χ3n) is 3.78. The van der Waals surface area contributed by atoms with Gasteiger partial charge in [-0.05, 0) is 36.6 Å². The molecule has 20 heavy (non-hydrogen) atoms. The summed E-state index contributed by atoms with van der Waals surface area (Å²) in [4.78, 5) is 12.3. The second kappa shape index (κ2) is 5.41. The van der Waals surface area contributed by atoms with E-state index >= 15 is 0 Å². The number of benzene rings is 2. The monoisotopic (exact) mass is 329 g/mol. The SMILES string of the molecule is Cc1ccc(Br)cc1C(=O)NC1CC1c1ccccc1. The summed E-state index contributed by atoms with van der Waals surface area (Å²) < 4.78 is 0.934. The minimum atomic E-state index is 0.0206. The van der Waals surface area contributed by atoms with Crippen molar-refractivity contribution in [2.45, 2.75) is 25.3 Å². The van der Waals surface area contributed by atoms with Gasteiger partial charge in [0.05, 0.1) is 0 Å². The lowest BCUT2D eigenvalue weighted by molar-refractivity contribution is 0.0949. The molecule has 3 rings (SSSR count). The highest BCUT2D eigenvalue weighted by atomic mass is 79.9.